The van der Waals surface area contributed by atoms with Crippen molar-refractivity contribution in [3.63, 3.8) is 0 Å². The zero-order chi connectivity index (χ0) is 21.7. The Kier molecular flexibility index (Phi) is 6.37. The lowest BCUT2D eigenvalue weighted by atomic mass is 10.1. The average Bonchev–Trinajstić information content (AvgIpc) is 2.77. The number of nitrogens with zero attached hydrogens (tertiary/aromatic N) is 1. The molecule has 0 heterocycles. The molecule has 0 aliphatic carbocycles. The Morgan fingerprint density at radius 3 is 2.30 bits per heavy atom. The van der Waals surface area contributed by atoms with Gasteiger partial charge in [0.15, 0.2) is 17.3 Å². The summed E-state index contributed by atoms with van der Waals surface area (Å²) in [5, 5.41) is 2.92. The monoisotopic (exact) mass is 428 g/mol. The number of sulfonamides is 1. The largest absolute Gasteiger partial charge is 0.494 e. The fourth-order valence-electron chi connectivity index (χ4n) is 2.80. The lowest BCUT2D eigenvalue weighted by Crippen LogP contribution is -2.26. The second-order valence-electron chi connectivity index (χ2n) is 6.46. The van der Waals surface area contributed by atoms with E-state index in [9.17, 15) is 17.6 Å². The van der Waals surface area contributed by atoms with Crippen LogP contribution in [0.4, 0.5) is 15.8 Å². The van der Waals surface area contributed by atoms with E-state index in [2.05, 4.69) is 5.32 Å². The quantitative estimate of drug-likeness (QED) is 0.550. The minimum Gasteiger partial charge on any atom is -0.494 e. The van der Waals surface area contributed by atoms with E-state index in [-0.39, 0.29) is 28.5 Å². The second kappa shape index (κ2) is 8.96. The lowest BCUT2D eigenvalue weighted by molar-refractivity contribution is 0.101. The molecule has 3 aromatic carbocycles. The fraction of sp³-hybridized carbons (Fsp3) is 0.136. The summed E-state index contributed by atoms with van der Waals surface area (Å²) >= 11 is 0. The maximum atomic E-state index is 13.8. The van der Waals surface area contributed by atoms with Crippen LogP contribution in [0.5, 0.6) is 5.75 Å². The number of halogens is 1. The van der Waals surface area contributed by atoms with E-state index in [1.54, 1.807) is 36.4 Å². The molecule has 6 nitrogen and oxygen atoms in total. The van der Waals surface area contributed by atoms with Gasteiger partial charge in [0, 0.05) is 18.3 Å². The van der Waals surface area contributed by atoms with Gasteiger partial charge in [-0.25, -0.2) is 12.8 Å². The summed E-state index contributed by atoms with van der Waals surface area (Å²) in [4.78, 5) is 12.4. The number of anilines is 2. The lowest BCUT2D eigenvalue weighted by Gasteiger charge is -2.19. The Morgan fingerprint density at radius 1 is 1.03 bits per heavy atom. The van der Waals surface area contributed by atoms with Crippen molar-refractivity contribution in [2.24, 2.45) is 0 Å². The first-order chi connectivity index (χ1) is 14.3. The molecule has 30 heavy (non-hydrogen) atoms. The third-order valence-corrected chi connectivity index (χ3v) is 6.36. The van der Waals surface area contributed by atoms with Gasteiger partial charge in [-0.1, -0.05) is 18.2 Å². The molecule has 1 N–H and O–H groups in total. The Hall–Kier alpha value is -3.39. The van der Waals surface area contributed by atoms with Crippen LogP contribution in [0.3, 0.4) is 0 Å². The molecule has 0 bridgehead atoms. The summed E-state index contributed by atoms with van der Waals surface area (Å²) in [7, 11) is -0.870. The van der Waals surface area contributed by atoms with Crippen molar-refractivity contribution in [2.45, 2.75) is 4.90 Å². The number of benzene rings is 3. The summed E-state index contributed by atoms with van der Waals surface area (Å²) in [6.45, 7) is -0.0677. The number of carbonyl (C=O) groups is 1. The predicted molar refractivity (Wildman–Crippen MR) is 114 cm³/mol. The molecule has 0 atom stereocenters. The van der Waals surface area contributed by atoms with Crippen molar-refractivity contribution in [1.82, 2.24) is 0 Å². The number of rotatable bonds is 8. The Bertz CT molecular complexity index is 1130. The van der Waals surface area contributed by atoms with E-state index in [1.165, 1.54) is 42.7 Å². The number of ketones is 1. The normalized spacial score (nSPS) is 11.0. The number of methoxy groups -OCH3 is 1. The average molecular weight is 428 g/mol. The van der Waals surface area contributed by atoms with E-state index in [0.717, 1.165) is 6.07 Å². The molecule has 156 valence electrons. The molecular weight excluding hydrogens is 407 g/mol. The van der Waals surface area contributed by atoms with Gasteiger partial charge in [-0.15, -0.1) is 0 Å². The van der Waals surface area contributed by atoms with E-state index in [0.29, 0.717) is 11.4 Å². The SMILES string of the molecule is COc1ccc(C(=O)CNc2ccc(S(=O)(=O)N(C)c3ccccc3)cc2)cc1F. The summed E-state index contributed by atoms with van der Waals surface area (Å²) in [6, 6.07) is 18.9. The highest BCUT2D eigenvalue weighted by atomic mass is 32.2. The van der Waals surface area contributed by atoms with Crippen LogP contribution < -0.4 is 14.4 Å². The summed E-state index contributed by atoms with van der Waals surface area (Å²) in [6.07, 6.45) is 0. The smallest absolute Gasteiger partial charge is 0.264 e. The van der Waals surface area contributed by atoms with E-state index < -0.39 is 15.8 Å². The van der Waals surface area contributed by atoms with Gasteiger partial charge < -0.3 is 10.1 Å². The van der Waals surface area contributed by atoms with Gasteiger partial charge in [-0.3, -0.25) is 9.10 Å². The van der Waals surface area contributed by atoms with Crippen molar-refractivity contribution in [2.75, 3.05) is 30.3 Å². The van der Waals surface area contributed by atoms with E-state index in [1.807, 2.05) is 6.07 Å². The van der Waals surface area contributed by atoms with Crippen LogP contribution in [0.15, 0.2) is 77.7 Å². The van der Waals surface area contributed by atoms with Crippen molar-refractivity contribution < 1.29 is 22.3 Å². The molecule has 0 fully saturated rings. The first-order valence-corrected chi connectivity index (χ1v) is 10.5. The molecule has 3 rings (SSSR count). The summed E-state index contributed by atoms with van der Waals surface area (Å²) < 4.78 is 45.4. The number of ether oxygens (including phenoxy) is 1. The van der Waals surface area contributed by atoms with Crippen molar-refractivity contribution >= 4 is 27.2 Å². The maximum Gasteiger partial charge on any atom is 0.264 e. The van der Waals surface area contributed by atoms with Crippen molar-refractivity contribution in [3.8, 4) is 5.75 Å². The molecule has 0 saturated heterocycles. The maximum absolute atomic E-state index is 13.8. The molecule has 0 aromatic heterocycles. The first-order valence-electron chi connectivity index (χ1n) is 9.07. The van der Waals surface area contributed by atoms with Crippen LogP contribution in [-0.2, 0) is 10.0 Å². The number of Topliss-reactive ketones (excluding diaryl/α,β-unsaturated/α-hetero) is 1. The zero-order valence-corrected chi connectivity index (χ0v) is 17.3. The fourth-order valence-corrected chi connectivity index (χ4v) is 4.00. The number of para-hydroxylation sites is 1. The van der Waals surface area contributed by atoms with Crippen molar-refractivity contribution in [1.29, 1.82) is 0 Å². The van der Waals surface area contributed by atoms with Gasteiger partial charge in [0.05, 0.1) is 24.2 Å². The van der Waals surface area contributed by atoms with Crippen LogP contribution in [0.1, 0.15) is 10.4 Å². The number of carbonyl (C=O) groups excluding carboxylic acids is 1. The molecule has 0 unspecified atom stereocenters. The van der Waals surface area contributed by atoms with Gasteiger partial charge in [0.1, 0.15) is 0 Å². The van der Waals surface area contributed by atoms with Crippen molar-refractivity contribution in [3.05, 3.63) is 84.2 Å². The summed E-state index contributed by atoms with van der Waals surface area (Å²) in [5.74, 6) is -0.853. The zero-order valence-electron chi connectivity index (χ0n) is 16.5. The van der Waals surface area contributed by atoms with E-state index >= 15 is 0 Å². The number of nitrogens with one attached hydrogen (secondary N) is 1. The highest BCUT2D eigenvalue weighted by Gasteiger charge is 2.21. The summed E-state index contributed by atoms with van der Waals surface area (Å²) in [5.41, 5.74) is 1.33. The van der Waals surface area contributed by atoms with Gasteiger partial charge in [-0.2, -0.15) is 0 Å². The first kappa shape index (κ1) is 21.3. The van der Waals surface area contributed by atoms with Crippen LogP contribution in [0, 0.1) is 5.82 Å². The van der Waals surface area contributed by atoms with Gasteiger partial charge >= 0.3 is 0 Å². The topological polar surface area (TPSA) is 75.7 Å². The minimum atomic E-state index is -3.71. The highest BCUT2D eigenvalue weighted by Crippen LogP contribution is 2.23. The van der Waals surface area contributed by atoms with Crippen LogP contribution in [-0.4, -0.2) is 34.9 Å². The van der Waals surface area contributed by atoms with Crippen LogP contribution >= 0.6 is 0 Å². The molecule has 0 saturated carbocycles. The molecule has 0 aliphatic rings. The standard InChI is InChI=1S/C22H21FN2O4S/c1-25(18-6-4-3-5-7-18)30(27,28)19-11-9-17(10-12-19)24-15-21(26)16-8-13-22(29-2)20(23)14-16/h3-14,24H,15H2,1-2H3. The predicted octanol–water partition coefficient (Wildman–Crippen LogP) is 3.95. The number of hydrogen-bond donors (Lipinski definition) is 1. The number of hydrogen-bond acceptors (Lipinski definition) is 5. The molecule has 0 spiro atoms. The highest BCUT2D eigenvalue weighted by molar-refractivity contribution is 7.92. The minimum absolute atomic E-state index is 0.0665. The molecule has 3 aromatic rings. The Balaban J connectivity index is 1.67. The van der Waals surface area contributed by atoms with Gasteiger partial charge in [0.2, 0.25) is 0 Å². The van der Waals surface area contributed by atoms with Gasteiger partial charge in [0.25, 0.3) is 10.0 Å². The third kappa shape index (κ3) is 4.60. The molecule has 0 aliphatic heterocycles. The molecule has 8 heteroatoms. The van der Waals surface area contributed by atoms with Crippen LogP contribution in [0.25, 0.3) is 0 Å². The van der Waals surface area contributed by atoms with Gasteiger partial charge in [-0.05, 0) is 54.6 Å². The Labute approximate surface area is 175 Å². The molecule has 0 amide bonds. The van der Waals surface area contributed by atoms with E-state index in [4.69, 9.17) is 4.74 Å². The Morgan fingerprint density at radius 2 is 1.70 bits per heavy atom. The second-order valence-corrected chi connectivity index (χ2v) is 8.43. The third-order valence-electron chi connectivity index (χ3n) is 4.56. The molecular formula is C22H21FN2O4S. The van der Waals surface area contributed by atoms with Crippen LogP contribution in [0.2, 0.25) is 0 Å². The molecule has 0 radical (unpaired) electrons.